The van der Waals surface area contributed by atoms with Crippen LogP contribution in [0.5, 0.6) is 0 Å². The number of halogens is 4. The number of carbonyl (C=O) groups is 1. The standard InChI is InChI=1S/C19H19ClF3N5OS/c1-10-6-16-26(5-4-15(19(21,22)23)28(16)24-10)18(29)14-7-13(9-30-14)8-27-12(3)17(20)11(2)25-27/h6-7,9,15H,4-5,8H2,1-3H3. The molecule has 0 spiro atoms. The number of nitrogens with zero attached hydrogens (tertiary/aromatic N) is 5. The molecule has 4 heterocycles. The van der Waals surface area contributed by atoms with E-state index in [1.807, 2.05) is 19.2 Å². The zero-order chi connectivity index (χ0) is 21.8. The molecule has 0 N–H and O–H groups in total. The molecule has 1 amide bonds. The highest BCUT2D eigenvalue weighted by Crippen LogP contribution is 2.40. The maximum Gasteiger partial charge on any atom is 0.410 e. The minimum atomic E-state index is -4.42. The molecule has 3 aromatic rings. The van der Waals surface area contributed by atoms with Gasteiger partial charge in [-0.1, -0.05) is 11.6 Å². The number of aryl methyl sites for hydroxylation is 2. The average molecular weight is 458 g/mol. The molecule has 3 aromatic heterocycles. The third kappa shape index (κ3) is 3.62. The van der Waals surface area contributed by atoms with E-state index in [1.165, 1.54) is 22.3 Å². The number of rotatable bonds is 3. The number of anilines is 1. The number of thiophene rings is 1. The molecule has 1 unspecified atom stereocenters. The van der Waals surface area contributed by atoms with Crippen molar-refractivity contribution in [1.82, 2.24) is 19.6 Å². The van der Waals surface area contributed by atoms with E-state index in [4.69, 9.17) is 11.6 Å². The summed E-state index contributed by atoms with van der Waals surface area (Å²) in [5, 5.41) is 10.8. The van der Waals surface area contributed by atoms with Gasteiger partial charge in [0.2, 0.25) is 0 Å². The molecule has 4 rings (SSSR count). The fraction of sp³-hybridized carbons (Fsp3) is 0.421. The molecule has 11 heteroatoms. The molecule has 160 valence electrons. The Kier molecular flexibility index (Phi) is 5.17. The van der Waals surface area contributed by atoms with E-state index >= 15 is 0 Å². The Balaban J connectivity index is 1.59. The smallest absolute Gasteiger partial charge is 0.292 e. The van der Waals surface area contributed by atoms with Gasteiger partial charge in [0.25, 0.3) is 5.91 Å². The molecule has 0 radical (unpaired) electrons. The molecule has 0 fully saturated rings. The number of carbonyl (C=O) groups excluding carboxylic acids is 1. The quantitative estimate of drug-likeness (QED) is 0.561. The van der Waals surface area contributed by atoms with Gasteiger partial charge in [-0.05, 0) is 44.2 Å². The lowest BCUT2D eigenvalue weighted by Crippen LogP contribution is -2.42. The van der Waals surface area contributed by atoms with Crippen molar-refractivity contribution in [2.75, 3.05) is 11.4 Å². The number of hydrogen-bond acceptors (Lipinski definition) is 4. The van der Waals surface area contributed by atoms with Gasteiger partial charge in [-0.25, -0.2) is 4.68 Å². The van der Waals surface area contributed by atoms with Crippen molar-refractivity contribution in [3.63, 3.8) is 0 Å². The molecule has 0 aromatic carbocycles. The highest BCUT2D eigenvalue weighted by Gasteiger charge is 2.46. The minimum Gasteiger partial charge on any atom is -0.292 e. The maximum atomic E-state index is 13.4. The summed E-state index contributed by atoms with van der Waals surface area (Å²) < 4.78 is 42.8. The second-order valence-electron chi connectivity index (χ2n) is 7.35. The van der Waals surface area contributed by atoms with Gasteiger partial charge in [-0.3, -0.25) is 14.4 Å². The van der Waals surface area contributed by atoms with Crippen LogP contribution in [0.1, 0.15) is 44.8 Å². The highest BCUT2D eigenvalue weighted by atomic mass is 35.5. The van der Waals surface area contributed by atoms with Crippen LogP contribution in [0, 0.1) is 20.8 Å². The fourth-order valence-electron chi connectivity index (χ4n) is 3.64. The van der Waals surface area contributed by atoms with Gasteiger partial charge in [-0.15, -0.1) is 11.3 Å². The number of alkyl halides is 3. The van der Waals surface area contributed by atoms with E-state index in [0.717, 1.165) is 21.6 Å². The van der Waals surface area contributed by atoms with Crippen LogP contribution in [0.2, 0.25) is 5.02 Å². The van der Waals surface area contributed by atoms with Crippen molar-refractivity contribution in [3.8, 4) is 0 Å². The Morgan fingerprint density at radius 1 is 1.27 bits per heavy atom. The molecule has 1 atom stereocenters. The van der Waals surface area contributed by atoms with Crippen molar-refractivity contribution in [1.29, 1.82) is 0 Å². The highest BCUT2D eigenvalue weighted by molar-refractivity contribution is 7.12. The predicted octanol–water partition coefficient (Wildman–Crippen LogP) is 4.92. The van der Waals surface area contributed by atoms with Crippen molar-refractivity contribution < 1.29 is 18.0 Å². The average Bonchev–Trinajstić information content (AvgIpc) is 3.34. The summed E-state index contributed by atoms with van der Waals surface area (Å²) >= 11 is 7.44. The zero-order valence-corrected chi connectivity index (χ0v) is 18.1. The Morgan fingerprint density at radius 2 is 2.00 bits per heavy atom. The summed E-state index contributed by atoms with van der Waals surface area (Å²) in [6.45, 7) is 5.74. The number of amides is 1. The van der Waals surface area contributed by atoms with E-state index in [2.05, 4.69) is 10.2 Å². The van der Waals surface area contributed by atoms with E-state index < -0.39 is 12.2 Å². The van der Waals surface area contributed by atoms with Gasteiger partial charge >= 0.3 is 6.18 Å². The van der Waals surface area contributed by atoms with Crippen molar-refractivity contribution in [3.05, 3.63) is 50.1 Å². The van der Waals surface area contributed by atoms with E-state index in [9.17, 15) is 18.0 Å². The topological polar surface area (TPSA) is 56.0 Å². The third-order valence-electron chi connectivity index (χ3n) is 5.15. The van der Waals surface area contributed by atoms with Crippen LogP contribution in [0.15, 0.2) is 17.5 Å². The fourth-order valence-corrected chi connectivity index (χ4v) is 4.62. The van der Waals surface area contributed by atoms with Crippen LogP contribution in [0.25, 0.3) is 0 Å². The molecule has 6 nitrogen and oxygen atoms in total. The largest absolute Gasteiger partial charge is 0.410 e. The SMILES string of the molecule is Cc1cc2n(n1)C(C(F)(F)F)CCN2C(=O)c1cc(Cn2nc(C)c(Cl)c2C)cs1. The first-order chi connectivity index (χ1) is 14.1. The normalized spacial score (nSPS) is 16.8. The van der Waals surface area contributed by atoms with E-state index in [0.29, 0.717) is 22.1 Å². The Hall–Kier alpha value is -2.33. The summed E-state index contributed by atoms with van der Waals surface area (Å²) in [6.07, 6.45) is -4.65. The first-order valence-electron chi connectivity index (χ1n) is 9.28. The second kappa shape index (κ2) is 7.42. The molecule has 0 saturated heterocycles. The van der Waals surface area contributed by atoms with Gasteiger partial charge < -0.3 is 0 Å². The lowest BCUT2D eigenvalue weighted by Gasteiger charge is -2.33. The van der Waals surface area contributed by atoms with Crippen molar-refractivity contribution in [2.45, 2.75) is 46.0 Å². The molecular formula is C19H19ClF3N5OS. The Morgan fingerprint density at radius 3 is 2.63 bits per heavy atom. The molecule has 0 bridgehead atoms. The lowest BCUT2D eigenvalue weighted by molar-refractivity contribution is -0.172. The monoisotopic (exact) mass is 457 g/mol. The summed E-state index contributed by atoms with van der Waals surface area (Å²) in [4.78, 5) is 14.9. The Bertz CT molecular complexity index is 1120. The van der Waals surface area contributed by atoms with Crippen LogP contribution >= 0.6 is 22.9 Å². The first-order valence-corrected chi connectivity index (χ1v) is 10.5. The summed E-state index contributed by atoms with van der Waals surface area (Å²) in [5.74, 6) is -0.161. The molecule has 0 aliphatic carbocycles. The number of hydrogen-bond donors (Lipinski definition) is 0. The molecule has 0 saturated carbocycles. The van der Waals surface area contributed by atoms with Crippen LogP contribution in [0.4, 0.5) is 19.0 Å². The molecular weight excluding hydrogens is 439 g/mol. The van der Waals surface area contributed by atoms with Crippen molar-refractivity contribution >= 4 is 34.7 Å². The van der Waals surface area contributed by atoms with Crippen LogP contribution in [0.3, 0.4) is 0 Å². The molecule has 1 aliphatic rings. The Labute approximate surface area is 179 Å². The summed E-state index contributed by atoms with van der Waals surface area (Å²) in [7, 11) is 0. The first kappa shape index (κ1) is 20.9. The van der Waals surface area contributed by atoms with E-state index in [1.54, 1.807) is 17.7 Å². The summed E-state index contributed by atoms with van der Waals surface area (Å²) in [6, 6.07) is 1.54. The van der Waals surface area contributed by atoms with Crippen molar-refractivity contribution in [2.24, 2.45) is 0 Å². The number of aromatic nitrogens is 4. The van der Waals surface area contributed by atoms with E-state index in [-0.39, 0.29) is 24.7 Å². The number of fused-ring (bicyclic) bond motifs is 1. The molecule has 30 heavy (non-hydrogen) atoms. The predicted molar refractivity (Wildman–Crippen MR) is 108 cm³/mol. The van der Waals surface area contributed by atoms with Crippen LogP contribution in [-0.2, 0) is 6.54 Å². The van der Waals surface area contributed by atoms with Gasteiger partial charge in [0.05, 0.1) is 33.5 Å². The lowest BCUT2D eigenvalue weighted by atomic mass is 10.1. The second-order valence-corrected chi connectivity index (χ2v) is 8.64. The molecule has 1 aliphatic heterocycles. The maximum absolute atomic E-state index is 13.4. The van der Waals surface area contributed by atoms with Gasteiger partial charge in [0.1, 0.15) is 5.82 Å². The van der Waals surface area contributed by atoms with Gasteiger partial charge in [-0.2, -0.15) is 23.4 Å². The minimum absolute atomic E-state index is 0.0194. The van der Waals surface area contributed by atoms with Crippen LogP contribution < -0.4 is 4.90 Å². The van der Waals surface area contributed by atoms with Gasteiger partial charge in [0.15, 0.2) is 6.04 Å². The summed E-state index contributed by atoms with van der Waals surface area (Å²) in [5.41, 5.74) is 2.88. The van der Waals surface area contributed by atoms with Crippen LogP contribution in [-0.4, -0.2) is 38.2 Å². The zero-order valence-electron chi connectivity index (χ0n) is 16.5. The third-order valence-corrected chi connectivity index (χ3v) is 6.66. The van der Waals surface area contributed by atoms with Gasteiger partial charge in [0, 0.05) is 12.6 Å².